The summed E-state index contributed by atoms with van der Waals surface area (Å²) in [5.74, 6) is -1.20. The number of hydrogen-bond acceptors (Lipinski definition) is 8. The van der Waals surface area contributed by atoms with Gasteiger partial charge in [-0.1, -0.05) is 50.3 Å². The molecule has 2 aliphatic rings. The maximum absolute atomic E-state index is 11.9. The van der Waals surface area contributed by atoms with Crippen LogP contribution in [0.2, 0.25) is 0 Å². The second-order valence-electron chi connectivity index (χ2n) is 16.1. The van der Waals surface area contributed by atoms with Crippen LogP contribution in [0, 0.1) is 0 Å². The van der Waals surface area contributed by atoms with Crippen LogP contribution in [-0.4, -0.2) is 79.1 Å². The van der Waals surface area contributed by atoms with Crippen LogP contribution in [0.25, 0.3) is 21.5 Å². The van der Waals surface area contributed by atoms with E-state index in [2.05, 4.69) is 37.2 Å². The lowest BCUT2D eigenvalue weighted by molar-refractivity contribution is -0.438. The summed E-state index contributed by atoms with van der Waals surface area (Å²) in [6.07, 6.45) is 12.6. The topological polar surface area (TPSA) is 207 Å². The van der Waals surface area contributed by atoms with Crippen molar-refractivity contribution in [2.45, 2.75) is 86.8 Å². The highest BCUT2D eigenvalue weighted by molar-refractivity contribution is 7.86. The van der Waals surface area contributed by atoms with Crippen LogP contribution in [0.5, 0.6) is 0 Å². The van der Waals surface area contributed by atoms with Gasteiger partial charge in [0.25, 0.3) is 30.4 Å². The van der Waals surface area contributed by atoms with Gasteiger partial charge in [-0.2, -0.15) is 29.8 Å². The lowest BCUT2D eigenvalue weighted by atomic mass is 9.79. The van der Waals surface area contributed by atoms with E-state index < -0.39 is 47.2 Å². The Morgan fingerprint density at radius 1 is 0.695 bits per heavy atom. The quantitative estimate of drug-likeness (QED) is 0.0366. The summed E-state index contributed by atoms with van der Waals surface area (Å²) in [5, 5.41) is 12.1. The number of rotatable bonds is 16. The molecule has 59 heavy (non-hydrogen) atoms. The second kappa shape index (κ2) is 16.4. The molecule has 314 valence electrons. The third kappa shape index (κ3) is 9.22. The molecule has 0 spiro atoms. The van der Waals surface area contributed by atoms with Crippen LogP contribution in [0.3, 0.4) is 0 Å². The summed E-state index contributed by atoms with van der Waals surface area (Å²) in [5.41, 5.74) is 4.54. The summed E-state index contributed by atoms with van der Waals surface area (Å²) in [6, 6.07) is 16.5. The van der Waals surface area contributed by atoms with E-state index in [1.807, 2.05) is 48.6 Å². The summed E-state index contributed by atoms with van der Waals surface area (Å²) < 4.78 is 102. The van der Waals surface area contributed by atoms with Gasteiger partial charge in [-0.15, -0.1) is 0 Å². The Hall–Kier alpha value is -4.71. The van der Waals surface area contributed by atoms with Crippen molar-refractivity contribution in [2.75, 3.05) is 23.7 Å². The van der Waals surface area contributed by atoms with Gasteiger partial charge in [-0.3, -0.25) is 18.5 Å². The van der Waals surface area contributed by atoms with Crippen molar-refractivity contribution in [1.29, 1.82) is 0 Å². The highest BCUT2D eigenvalue weighted by Crippen LogP contribution is 2.51. The molecule has 4 aromatic carbocycles. The molecular weight excluding hydrogens is 817 g/mol. The molecule has 0 aromatic heterocycles. The first kappa shape index (κ1) is 43.9. The summed E-state index contributed by atoms with van der Waals surface area (Å²) >= 11 is 0. The van der Waals surface area contributed by atoms with Crippen molar-refractivity contribution in [3.8, 4) is 0 Å². The van der Waals surface area contributed by atoms with Crippen LogP contribution < -0.4 is 4.90 Å². The molecule has 2 aliphatic heterocycles. The molecule has 0 bridgehead atoms. The molecule has 0 unspecified atom stereocenters. The van der Waals surface area contributed by atoms with Gasteiger partial charge >= 0.3 is 5.97 Å². The number of carboxylic acid groups (broad SMARTS) is 1. The molecule has 0 saturated heterocycles. The molecule has 6 rings (SSSR count). The minimum absolute atomic E-state index is 0.0919. The van der Waals surface area contributed by atoms with E-state index in [1.54, 1.807) is 18.2 Å². The Balaban J connectivity index is 1.36. The summed E-state index contributed by atoms with van der Waals surface area (Å²) in [4.78, 5) is 12.8. The maximum atomic E-state index is 11.9. The molecule has 13 nitrogen and oxygen atoms in total. The van der Waals surface area contributed by atoms with Gasteiger partial charge in [0.15, 0.2) is 5.71 Å². The molecule has 0 saturated carbocycles. The van der Waals surface area contributed by atoms with Crippen molar-refractivity contribution >= 4 is 75.0 Å². The first-order valence-corrected chi connectivity index (χ1v) is 23.8. The highest BCUT2D eigenvalue weighted by Gasteiger charge is 2.45. The van der Waals surface area contributed by atoms with Crippen molar-refractivity contribution in [3.63, 3.8) is 0 Å². The van der Waals surface area contributed by atoms with Crippen LogP contribution in [-0.2, 0) is 46.0 Å². The molecule has 0 amide bonds. The minimum atomic E-state index is -4.42. The monoisotopic (exact) mass is 865 g/mol. The Kier molecular flexibility index (Phi) is 12.2. The number of hydrogen-bond donors (Lipinski definition) is 4. The van der Waals surface area contributed by atoms with Gasteiger partial charge in [0.2, 0.25) is 5.69 Å². The fourth-order valence-corrected chi connectivity index (χ4v) is 10.2. The third-order valence-corrected chi connectivity index (χ3v) is 13.8. The largest absolute Gasteiger partial charge is 0.481 e. The Labute approximate surface area is 345 Å². The van der Waals surface area contributed by atoms with E-state index in [-0.39, 0.29) is 28.4 Å². The number of carbonyl (C=O) groups is 1. The lowest BCUT2D eigenvalue weighted by Gasteiger charge is -2.27. The molecule has 0 aliphatic carbocycles. The number of anilines is 1. The molecule has 4 N–H and O–H groups in total. The van der Waals surface area contributed by atoms with Crippen LogP contribution >= 0.6 is 0 Å². The average Bonchev–Trinajstić information content (AvgIpc) is 3.49. The molecular formula is C43H49N2O11S3+. The zero-order chi connectivity index (χ0) is 43.1. The number of nitrogens with zero attached hydrogens (tertiary/aromatic N) is 2. The number of unbranched alkanes of at least 4 members (excludes halogenated alkanes) is 3. The van der Waals surface area contributed by atoms with Gasteiger partial charge < -0.3 is 10.0 Å². The Morgan fingerprint density at radius 3 is 1.90 bits per heavy atom. The SMILES string of the molecule is CC1(C)C(/C=C/C=C/C=C2\N(CCCCS(=O)(=O)O)c3ccc4cc(S(=O)(=O)O)ccc4c3C2(C)C)=[N+](CCCCCC(=O)O)c2ccc3cc(S(=O)(=O)O)ccc3c21. The third-order valence-electron chi connectivity index (χ3n) is 11.3. The predicted octanol–water partition coefficient (Wildman–Crippen LogP) is 7.97. The number of fused-ring (bicyclic) bond motifs is 6. The van der Waals surface area contributed by atoms with E-state index in [1.165, 1.54) is 24.3 Å². The summed E-state index contributed by atoms with van der Waals surface area (Å²) in [7, 11) is -13.0. The van der Waals surface area contributed by atoms with Crippen molar-refractivity contribution in [1.82, 2.24) is 0 Å². The molecule has 0 fully saturated rings. The van der Waals surface area contributed by atoms with Crippen molar-refractivity contribution in [2.24, 2.45) is 0 Å². The maximum Gasteiger partial charge on any atom is 0.303 e. The van der Waals surface area contributed by atoms with Crippen molar-refractivity contribution < 1.29 is 53.4 Å². The normalized spacial score (nSPS) is 17.3. The molecule has 2 heterocycles. The first-order chi connectivity index (χ1) is 27.5. The lowest BCUT2D eigenvalue weighted by Crippen LogP contribution is -2.28. The Bertz CT molecular complexity index is 2820. The van der Waals surface area contributed by atoms with E-state index in [0.29, 0.717) is 36.7 Å². The number of allylic oxidation sites excluding steroid dienone is 6. The second-order valence-corrected chi connectivity index (χ2v) is 20.5. The van der Waals surface area contributed by atoms with Gasteiger partial charge in [-0.05, 0) is 109 Å². The van der Waals surface area contributed by atoms with Gasteiger partial charge in [0.05, 0.1) is 21.0 Å². The van der Waals surface area contributed by atoms with E-state index in [4.69, 9.17) is 5.11 Å². The standard InChI is InChI=1S/C43H48N2O11S3/c1-42(2)37(44(24-10-6-9-15-39(46)47)35-22-16-29-27-31(58(51,52)53)18-20-33(29)40(35)42)13-7-5-8-14-38-43(3,4)41-34-21-19-32(59(54,55)56)28-30(34)17-23-36(41)45(38)25-11-12-26-57(48,49)50/h5,7-8,13-14,16-23,27-28H,6,9-12,15,24-26H2,1-4H3,(H3-,46,47,48,49,50,51,52,53,54,55,56)/p+1. The van der Waals surface area contributed by atoms with Gasteiger partial charge in [0, 0.05) is 53.9 Å². The molecule has 0 atom stereocenters. The van der Waals surface area contributed by atoms with E-state index in [9.17, 15) is 43.7 Å². The van der Waals surface area contributed by atoms with Crippen LogP contribution in [0.15, 0.2) is 107 Å². The van der Waals surface area contributed by atoms with Gasteiger partial charge in [0.1, 0.15) is 6.54 Å². The minimum Gasteiger partial charge on any atom is -0.481 e. The Morgan fingerprint density at radius 2 is 1.31 bits per heavy atom. The zero-order valence-electron chi connectivity index (χ0n) is 33.3. The van der Waals surface area contributed by atoms with Gasteiger partial charge in [-0.25, -0.2) is 0 Å². The highest BCUT2D eigenvalue weighted by atomic mass is 32.2. The number of carboxylic acids is 1. The average molecular weight is 866 g/mol. The van der Waals surface area contributed by atoms with Crippen LogP contribution in [0.4, 0.5) is 11.4 Å². The first-order valence-electron chi connectivity index (χ1n) is 19.3. The fraction of sp³-hybridized carbons (Fsp3) is 0.349. The van der Waals surface area contributed by atoms with Crippen molar-refractivity contribution in [3.05, 3.63) is 108 Å². The van der Waals surface area contributed by atoms with E-state index >= 15 is 0 Å². The number of aliphatic carboxylic acids is 1. The zero-order valence-corrected chi connectivity index (χ0v) is 35.7. The summed E-state index contributed by atoms with van der Waals surface area (Å²) in [6.45, 7) is 9.37. The molecule has 0 radical (unpaired) electrons. The fourth-order valence-electron chi connectivity index (χ4n) is 8.58. The van der Waals surface area contributed by atoms with E-state index in [0.717, 1.165) is 57.5 Å². The van der Waals surface area contributed by atoms with Crippen LogP contribution in [0.1, 0.15) is 77.3 Å². The molecule has 16 heteroatoms. The smallest absolute Gasteiger partial charge is 0.303 e. The molecule has 4 aromatic rings. The number of benzene rings is 4. The predicted molar refractivity (Wildman–Crippen MR) is 229 cm³/mol.